The summed E-state index contributed by atoms with van der Waals surface area (Å²) in [5.41, 5.74) is 0.359. The Balaban J connectivity index is 1.60. The maximum absolute atomic E-state index is 11.6. The van der Waals surface area contributed by atoms with Gasteiger partial charge in [-0.25, -0.2) is 0 Å². The Hall–Kier alpha value is -2.28. The summed E-state index contributed by atoms with van der Waals surface area (Å²) in [6, 6.07) is -2.00. The molecule has 3 heterocycles. The first-order chi connectivity index (χ1) is 17.5. The number of hydrogen-bond acceptors (Lipinski definition) is 13. The summed E-state index contributed by atoms with van der Waals surface area (Å²) in [6.45, 7) is 1.50. The van der Waals surface area contributed by atoms with Gasteiger partial charge in [0.1, 0.15) is 48.4 Å². The van der Waals surface area contributed by atoms with Crippen LogP contribution in [0.4, 0.5) is 0 Å². The number of aliphatic hydroxyl groups excluding tert-OH is 6. The molecule has 2 amide bonds. The molecule has 10 atom stereocenters. The molecule has 2 aliphatic rings. The van der Waals surface area contributed by atoms with Crippen LogP contribution in [0.2, 0.25) is 0 Å². The monoisotopic (exact) mass is 533 g/mol. The van der Waals surface area contributed by atoms with Gasteiger partial charge in [-0.3, -0.25) is 14.3 Å². The van der Waals surface area contributed by atoms with Gasteiger partial charge < -0.3 is 55.5 Å². The standard InChI is InChI=1S/C21H35N5O11/c1-9(29)22-15-12(36-13(6-27)17(31)19(15)33)3-4-26-5-11(24-25-26)8-35-21-16(23-10(2)30)20(34)18(32)14(7-28)37-21/h5,12-21,27-28,31-34H,3-4,6-8H2,1-2H3,(H,22,29)(H,23,30)/t12-,13+,14+,15-,16+,17+,18+,19+,20+,21+/m0/s1. The van der Waals surface area contributed by atoms with Crippen molar-refractivity contribution in [2.24, 2.45) is 0 Å². The predicted molar refractivity (Wildman–Crippen MR) is 120 cm³/mol. The fraction of sp³-hybridized carbons (Fsp3) is 0.810. The summed E-state index contributed by atoms with van der Waals surface area (Å²) in [6.07, 6.45) is -7.87. The lowest BCUT2D eigenvalue weighted by atomic mass is 9.91. The molecular weight excluding hydrogens is 498 g/mol. The first kappa shape index (κ1) is 29.3. The molecule has 37 heavy (non-hydrogen) atoms. The summed E-state index contributed by atoms with van der Waals surface area (Å²) in [4.78, 5) is 23.1. The van der Waals surface area contributed by atoms with Crippen LogP contribution in [-0.4, -0.2) is 132 Å². The van der Waals surface area contributed by atoms with Gasteiger partial charge in [-0.1, -0.05) is 5.21 Å². The number of aromatic nitrogens is 3. The van der Waals surface area contributed by atoms with Crippen LogP contribution in [0.3, 0.4) is 0 Å². The lowest BCUT2D eigenvalue weighted by molar-refractivity contribution is -0.273. The van der Waals surface area contributed by atoms with E-state index in [-0.39, 0.29) is 19.6 Å². The Morgan fingerprint density at radius 3 is 2.08 bits per heavy atom. The van der Waals surface area contributed by atoms with Crippen LogP contribution in [0.25, 0.3) is 0 Å². The third-order valence-electron chi connectivity index (χ3n) is 6.27. The molecule has 0 aliphatic carbocycles. The van der Waals surface area contributed by atoms with Crippen molar-refractivity contribution in [1.82, 2.24) is 25.6 Å². The van der Waals surface area contributed by atoms with Gasteiger partial charge in [-0.2, -0.15) is 0 Å². The zero-order valence-electron chi connectivity index (χ0n) is 20.5. The summed E-state index contributed by atoms with van der Waals surface area (Å²) in [7, 11) is 0. The third kappa shape index (κ3) is 7.18. The predicted octanol–water partition coefficient (Wildman–Crippen LogP) is -4.89. The number of aryl methyl sites for hydroxylation is 1. The van der Waals surface area contributed by atoms with Gasteiger partial charge in [-0.15, -0.1) is 5.10 Å². The molecule has 1 aromatic rings. The molecule has 1 aromatic heterocycles. The van der Waals surface area contributed by atoms with Crippen molar-refractivity contribution in [1.29, 1.82) is 0 Å². The van der Waals surface area contributed by atoms with Gasteiger partial charge in [0.25, 0.3) is 0 Å². The van der Waals surface area contributed by atoms with Gasteiger partial charge in [0.05, 0.1) is 38.2 Å². The molecule has 8 N–H and O–H groups in total. The normalized spacial score (nSPS) is 36.2. The minimum Gasteiger partial charge on any atom is -0.394 e. The van der Waals surface area contributed by atoms with Crippen molar-refractivity contribution in [2.45, 2.75) is 94.5 Å². The average molecular weight is 534 g/mol. The van der Waals surface area contributed by atoms with E-state index in [0.717, 1.165) is 0 Å². The van der Waals surface area contributed by atoms with Gasteiger partial charge in [0.15, 0.2) is 6.29 Å². The lowest BCUT2D eigenvalue weighted by Crippen LogP contribution is -2.64. The average Bonchev–Trinajstić information content (AvgIpc) is 3.31. The van der Waals surface area contributed by atoms with Crippen LogP contribution < -0.4 is 10.6 Å². The third-order valence-corrected chi connectivity index (χ3v) is 6.27. The SMILES string of the molecule is CC(=O)N[C@@H]1[C@@H](O)[C@H](O)[C@@H](CO)O[C@H]1CCn1cc(CO[C@@H]2O[C@H](CO)[C@@H](O)[C@H](O)[C@H]2NC(C)=O)nn1. The van der Waals surface area contributed by atoms with Crippen LogP contribution >= 0.6 is 0 Å². The zero-order chi connectivity index (χ0) is 27.3. The van der Waals surface area contributed by atoms with Crippen LogP contribution in [0.5, 0.6) is 0 Å². The molecule has 16 nitrogen and oxygen atoms in total. The van der Waals surface area contributed by atoms with E-state index in [4.69, 9.17) is 14.2 Å². The first-order valence-electron chi connectivity index (χ1n) is 11.8. The van der Waals surface area contributed by atoms with E-state index in [9.17, 15) is 40.2 Å². The van der Waals surface area contributed by atoms with Crippen molar-refractivity contribution >= 4 is 11.8 Å². The molecule has 0 unspecified atom stereocenters. The molecule has 2 saturated heterocycles. The highest BCUT2D eigenvalue weighted by Gasteiger charge is 2.46. The molecule has 0 bridgehead atoms. The Bertz CT molecular complexity index is 835. The Morgan fingerprint density at radius 1 is 0.919 bits per heavy atom. The summed E-state index contributed by atoms with van der Waals surface area (Å²) in [5, 5.41) is 72.8. The number of carbonyl (C=O) groups excluding carboxylic acids is 2. The smallest absolute Gasteiger partial charge is 0.217 e. The molecule has 3 rings (SSSR count). The quantitative estimate of drug-likeness (QED) is 0.141. The molecule has 16 heteroatoms. The number of nitrogens with zero attached hydrogens (tertiary/aromatic N) is 3. The summed E-state index contributed by atoms with van der Waals surface area (Å²) < 4.78 is 18.3. The van der Waals surface area contributed by atoms with Crippen LogP contribution in [0.15, 0.2) is 6.20 Å². The van der Waals surface area contributed by atoms with Gasteiger partial charge in [-0.05, 0) is 6.42 Å². The van der Waals surface area contributed by atoms with Gasteiger partial charge in [0.2, 0.25) is 11.8 Å². The second-order valence-corrected chi connectivity index (χ2v) is 9.11. The number of ether oxygens (including phenoxy) is 3. The molecule has 2 aliphatic heterocycles. The molecule has 210 valence electrons. The summed E-state index contributed by atoms with van der Waals surface area (Å²) >= 11 is 0. The molecule has 0 saturated carbocycles. The lowest BCUT2D eigenvalue weighted by Gasteiger charge is -2.42. The maximum atomic E-state index is 11.6. The van der Waals surface area contributed by atoms with E-state index in [1.54, 1.807) is 6.20 Å². The number of nitrogens with one attached hydrogen (secondary N) is 2. The van der Waals surface area contributed by atoms with E-state index >= 15 is 0 Å². The fourth-order valence-corrected chi connectivity index (χ4v) is 4.41. The number of carbonyl (C=O) groups is 2. The van der Waals surface area contributed by atoms with Crippen LogP contribution in [0, 0.1) is 0 Å². The van der Waals surface area contributed by atoms with Crippen LogP contribution in [-0.2, 0) is 37.0 Å². The van der Waals surface area contributed by atoms with E-state index in [1.807, 2.05) is 0 Å². The van der Waals surface area contributed by atoms with Crippen molar-refractivity contribution in [3.63, 3.8) is 0 Å². The molecule has 0 radical (unpaired) electrons. The fourth-order valence-electron chi connectivity index (χ4n) is 4.41. The van der Waals surface area contributed by atoms with Crippen molar-refractivity contribution in [3.8, 4) is 0 Å². The molecule has 0 aromatic carbocycles. The van der Waals surface area contributed by atoms with Gasteiger partial charge >= 0.3 is 0 Å². The number of aliphatic hydroxyl groups is 6. The first-order valence-corrected chi connectivity index (χ1v) is 11.8. The highest BCUT2D eigenvalue weighted by Crippen LogP contribution is 2.25. The Labute approximate surface area is 212 Å². The summed E-state index contributed by atoms with van der Waals surface area (Å²) in [5.74, 6) is -0.901. The van der Waals surface area contributed by atoms with E-state index in [0.29, 0.717) is 5.69 Å². The number of amides is 2. The number of hydrogen-bond donors (Lipinski definition) is 8. The topological polar surface area (TPSA) is 238 Å². The van der Waals surface area contributed by atoms with Gasteiger partial charge in [0, 0.05) is 20.4 Å². The van der Waals surface area contributed by atoms with E-state index < -0.39 is 86.1 Å². The van der Waals surface area contributed by atoms with E-state index in [2.05, 4.69) is 20.9 Å². The molecule has 2 fully saturated rings. The minimum atomic E-state index is -1.45. The Morgan fingerprint density at radius 2 is 1.49 bits per heavy atom. The van der Waals surface area contributed by atoms with Crippen molar-refractivity contribution in [3.05, 3.63) is 11.9 Å². The van der Waals surface area contributed by atoms with E-state index in [1.165, 1.54) is 18.5 Å². The zero-order valence-corrected chi connectivity index (χ0v) is 20.5. The largest absolute Gasteiger partial charge is 0.394 e. The minimum absolute atomic E-state index is 0.145. The van der Waals surface area contributed by atoms with Crippen molar-refractivity contribution in [2.75, 3.05) is 13.2 Å². The number of rotatable bonds is 10. The highest BCUT2D eigenvalue weighted by atomic mass is 16.7. The van der Waals surface area contributed by atoms with Crippen molar-refractivity contribution < 1.29 is 54.4 Å². The molecule has 0 spiro atoms. The molecular formula is C21H35N5O11. The highest BCUT2D eigenvalue weighted by molar-refractivity contribution is 5.73. The Kier molecular flexibility index (Phi) is 10.3. The second kappa shape index (κ2) is 13.0. The second-order valence-electron chi connectivity index (χ2n) is 9.11. The maximum Gasteiger partial charge on any atom is 0.217 e. The van der Waals surface area contributed by atoms with Crippen LogP contribution in [0.1, 0.15) is 26.0 Å².